The van der Waals surface area contributed by atoms with Gasteiger partial charge in [0.15, 0.2) is 0 Å². The lowest BCUT2D eigenvalue weighted by Crippen LogP contribution is -2.52. The Morgan fingerprint density at radius 3 is 2.55 bits per heavy atom. The van der Waals surface area contributed by atoms with Gasteiger partial charge in [-0.05, 0) is 37.6 Å². The molecule has 122 valence electrons. The minimum Gasteiger partial charge on any atom is -0.394 e. The Kier molecular flexibility index (Phi) is 5.56. The molecule has 0 saturated carbocycles. The number of hydrogen-bond acceptors (Lipinski definition) is 4. The second-order valence-electron chi connectivity index (χ2n) is 6.25. The molecule has 1 aromatic rings. The predicted octanol–water partition coefficient (Wildman–Crippen LogP) is 1.36. The number of aliphatic hydroxyl groups excluding tert-OH is 1. The Morgan fingerprint density at radius 1 is 1.27 bits per heavy atom. The summed E-state index contributed by atoms with van der Waals surface area (Å²) in [5.41, 5.74) is 1.55. The van der Waals surface area contributed by atoms with Crippen molar-refractivity contribution >= 4 is 5.91 Å². The summed E-state index contributed by atoms with van der Waals surface area (Å²) in [6, 6.07) is 7.70. The largest absolute Gasteiger partial charge is 0.394 e. The number of carbonyl (C=O) groups excluding carboxylic acids is 1. The van der Waals surface area contributed by atoms with Gasteiger partial charge in [0.2, 0.25) is 0 Å². The summed E-state index contributed by atoms with van der Waals surface area (Å²) >= 11 is 0. The number of carbonyl (C=O) groups is 1. The Balaban J connectivity index is 2.12. The van der Waals surface area contributed by atoms with Crippen molar-refractivity contribution in [1.82, 2.24) is 9.80 Å². The molecular formula is C17H26N2O3. The van der Waals surface area contributed by atoms with E-state index in [-0.39, 0.29) is 18.1 Å². The topological polar surface area (TPSA) is 53.0 Å². The maximum Gasteiger partial charge on any atom is 0.253 e. The quantitative estimate of drug-likeness (QED) is 0.892. The van der Waals surface area contributed by atoms with Gasteiger partial charge in [0, 0.05) is 45.0 Å². The SMILES string of the molecule is CN(C)C(=O)c1cccc(CN(C)C2(CO)CCOCC2)c1. The molecule has 0 radical (unpaired) electrons. The van der Waals surface area contributed by atoms with Gasteiger partial charge >= 0.3 is 0 Å². The summed E-state index contributed by atoms with van der Waals surface area (Å²) in [4.78, 5) is 15.8. The Morgan fingerprint density at radius 2 is 1.95 bits per heavy atom. The lowest BCUT2D eigenvalue weighted by molar-refractivity contribution is -0.0493. The zero-order chi connectivity index (χ0) is 16.2. The molecule has 1 saturated heterocycles. The standard InChI is InChI=1S/C17H26N2O3/c1-18(2)16(21)15-6-4-5-14(11-15)12-19(3)17(13-20)7-9-22-10-8-17/h4-6,11,20H,7-10,12-13H2,1-3H3. The number of likely N-dealkylation sites (N-methyl/N-ethyl adjacent to an activating group) is 1. The first-order valence-electron chi connectivity index (χ1n) is 7.69. The Labute approximate surface area is 132 Å². The van der Waals surface area contributed by atoms with Gasteiger partial charge in [-0.3, -0.25) is 9.69 Å². The molecule has 0 spiro atoms. The molecule has 1 fully saturated rings. The van der Waals surface area contributed by atoms with E-state index in [0.717, 1.165) is 18.4 Å². The van der Waals surface area contributed by atoms with E-state index >= 15 is 0 Å². The van der Waals surface area contributed by atoms with Gasteiger partial charge in [-0.1, -0.05) is 12.1 Å². The molecule has 5 heteroatoms. The average Bonchev–Trinajstić information content (AvgIpc) is 2.54. The number of amides is 1. The van der Waals surface area contributed by atoms with Crippen molar-refractivity contribution < 1.29 is 14.6 Å². The maximum absolute atomic E-state index is 12.1. The molecule has 2 rings (SSSR count). The van der Waals surface area contributed by atoms with Crippen LogP contribution >= 0.6 is 0 Å². The molecule has 1 heterocycles. The van der Waals surface area contributed by atoms with Crippen LogP contribution in [-0.2, 0) is 11.3 Å². The van der Waals surface area contributed by atoms with Crippen LogP contribution in [0.3, 0.4) is 0 Å². The van der Waals surface area contributed by atoms with Gasteiger partial charge in [-0.25, -0.2) is 0 Å². The predicted molar refractivity (Wildman–Crippen MR) is 85.8 cm³/mol. The summed E-state index contributed by atoms with van der Waals surface area (Å²) in [6.07, 6.45) is 1.66. The fourth-order valence-corrected chi connectivity index (χ4v) is 2.91. The number of ether oxygens (including phenoxy) is 1. The second-order valence-corrected chi connectivity index (χ2v) is 6.25. The highest BCUT2D eigenvalue weighted by Crippen LogP contribution is 2.28. The fourth-order valence-electron chi connectivity index (χ4n) is 2.91. The number of hydrogen-bond donors (Lipinski definition) is 1. The fraction of sp³-hybridized carbons (Fsp3) is 0.588. The summed E-state index contributed by atoms with van der Waals surface area (Å²) in [5, 5.41) is 9.85. The summed E-state index contributed by atoms with van der Waals surface area (Å²) in [5.74, 6) is 0.00689. The Bertz CT molecular complexity index is 510. The molecule has 1 amide bonds. The highest BCUT2D eigenvalue weighted by molar-refractivity contribution is 5.94. The molecule has 1 aliphatic heterocycles. The van der Waals surface area contributed by atoms with Crippen LogP contribution in [0, 0.1) is 0 Å². The third-order valence-corrected chi connectivity index (χ3v) is 4.53. The van der Waals surface area contributed by atoms with Crippen LogP contribution in [0.15, 0.2) is 24.3 Å². The average molecular weight is 306 g/mol. The molecule has 22 heavy (non-hydrogen) atoms. The smallest absolute Gasteiger partial charge is 0.253 e. The molecular weight excluding hydrogens is 280 g/mol. The molecule has 0 aliphatic carbocycles. The van der Waals surface area contributed by atoms with Gasteiger partial charge in [0.1, 0.15) is 0 Å². The van der Waals surface area contributed by atoms with Gasteiger partial charge in [0.05, 0.1) is 6.61 Å². The number of benzene rings is 1. The minimum atomic E-state index is -0.222. The number of aliphatic hydroxyl groups is 1. The van der Waals surface area contributed by atoms with Crippen molar-refractivity contribution in [2.24, 2.45) is 0 Å². The zero-order valence-electron chi connectivity index (χ0n) is 13.7. The molecule has 1 N–H and O–H groups in total. The highest BCUT2D eigenvalue weighted by Gasteiger charge is 2.35. The van der Waals surface area contributed by atoms with Crippen molar-refractivity contribution in [2.75, 3.05) is 41.0 Å². The van der Waals surface area contributed by atoms with Crippen LogP contribution in [0.4, 0.5) is 0 Å². The van der Waals surface area contributed by atoms with E-state index in [2.05, 4.69) is 4.90 Å². The van der Waals surface area contributed by atoms with E-state index in [1.165, 1.54) is 0 Å². The van der Waals surface area contributed by atoms with Crippen LogP contribution in [0.1, 0.15) is 28.8 Å². The van der Waals surface area contributed by atoms with Crippen LogP contribution in [-0.4, -0.2) is 67.3 Å². The molecule has 0 bridgehead atoms. The van der Waals surface area contributed by atoms with E-state index in [1.54, 1.807) is 19.0 Å². The first-order valence-corrected chi connectivity index (χ1v) is 7.69. The second kappa shape index (κ2) is 7.22. The van der Waals surface area contributed by atoms with Crippen molar-refractivity contribution in [3.05, 3.63) is 35.4 Å². The summed E-state index contributed by atoms with van der Waals surface area (Å²) in [6.45, 7) is 2.20. The Hall–Kier alpha value is -1.43. The molecule has 5 nitrogen and oxygen atoms in total. The van der Waals surface area contributed by atoms with Crippen molar-refractivity contribution in [3.63, 3.8) is 0 Å². The highest BCUT2D eigenvalue weighted by atomic mass is 16.5. The molecule has 1 aromatic carbocycles. The van der Waals surface area contributed by atoms with Crippen LogP contribution < -0.4 is 0 Å². The van der Waals surface area contributed by atoms with Crippen molar-refractivity contribution in [1.29, 1.82) is 0 Å². The summed E-state index contributed by atoms with van der Waals surface area (Å²) < 4.78 is 5.42. The first-order chi connectivity index (χ1) is 10.5. The van der Waals surface area contributed by atoms with Gasteiger partial charge in [-0.15, -0.1) is 0 Å². The van der Waals surface area contributed by atoms with Gasteiger partial charge < -0.3 is 14.7 Å². The lowest BCUT2D eigenvalue weighted by Gasteiger charge is -2.43. The number of nitrogens with zero attached hydrogens (tertiary/aromatic N) is 2. The molecule has 0 atom stereocenters. The number of rotatable bonds is 5. The first kappa shape index (κ1) is 16.9. The third-order valence-electron chi connectivity index (χ3n) is 4.53. The van der Waals surface area contributed by atoms with Crippen molar-refractivity contribution in [3.8, 4) is 0 Å². The minimum absolute atomic E-state index is 0.00689. The molecule has 0 unspecified atom stereocenters. The molecule has 1 aliphatic rings. The molecule has 0 aromatic heterocycles. The van der Waals surface area contributed by atoms with Crippen LogP contribution in [0.5, 0.6) is 0 Å². The van der Waals surface area contributed by atoms with E-state index in [1.807, 2.05) is 31.3 Å². The van der Waals surface area contributed by atoms with Crippen LogP contribution in [0.2, 0.25) is 0 Å². The maximum atomic E-state index is 12.1. The van der Waals surface area contributed by atoms with E-state index in [4.69, 9.17) is 4.74 Å². The van der Waals surface area contributed by atoms with E-state index in [0.29, 0.717) is 25.3 Å². The third kappa shape index (κ3) is 3.66. The van der Waals surface area contributed by atoms with Crippen LogP contribution in [0.25, 0.3) is 0 Å². The lowest BCUT2D eigenvalue weighted by atomic mass is 9.89. The van der Waals surface area contributed by atoms with Gasteiger partial charge in [0.25, 0.3) is 5.91 Å². The van der Waals surface area contributed by atoms with E-state index < -0.39 is 0 Å². The zero-order valence-corrected chi connectivity index (χ0v) is 13.7. The van der Waals surface area contributed by atoms with Crippen molar-refractivity contribution in [2.45, 2.75) is 24.9 Å². The van der Waals surface area contributed by atoms with E-state index in [9.17, 15) is 9.90 Å². The normalized spacial score (nSPS) is 17.5. The summed E-state index contributed by atoms with van der Waals surface area (Å²) in [7, 11) is 5.54. The van der Waals surface area contributed by atoms with Gasteiger partial charge in [-0.2, -0.15) is 0 Å². The monoisotopic (exact) mass is 306 g/mol.